The first kappa shape index (κ1) is 17.7. The predicted molar refractivity (Wildman–Crippen MR) is 97.2 cm³/mol. The summed E-state index contributed by atoms with van der Waals surface area (Å²) < 4.78 is 4.65. The molecule has 136 valence electrons. The molecule has 8 nitrogen and oxygen atoms in total. The van der Waals surface area contributed by atoms with Gasteiger partial charge in [-0.25, -0.2) is 14.6 Å². The van der Waals surface area contributed by atoms with Crippen molar-refractivity contribution in [2.45, 2.75) is 18.9 Å². The number of amides is 2. The van der Waals surface area contributed by atoms with Crippen LogP contribution in [0.3, 0.4) is 0 Å². The third-order valence-electron chi connectivity index (χ3n) is 4.27. The summed E-state index contributed by atoms with van der Waals surface area (Å²) in [5.74, 6) is 0.456. The number of carbonyl (C=O) groups excluding carboxylic acids is 2. The standard InChI is InChI=1S/C18H21N5O3/c1-26-17(24)13-2-4-14(5-3-13)21-18(25)22-15-6-10-23(11-7-15)16-12-19-8-9-20-16/h2-5,8-9,12,15H,6-7,10-11H2,1H3,(H2,21,22,25). The quantitative estimate of drug-likeness (QED) is 0.815. The van der Waals surface area contributed by atoms with Gasteiger partial charge >= 0.3 is 12.0 Å². The minimum atomic E-state index is -0.407. The zero-order chi connectivity index (χ0) is 18.4. The minimum absolute atomic E-state index is 0.109. The lowest BCUT2D eigenvalue weighted by Gasteiger charge is -2.32. The van der Waals surface area contributed by atoms with Gasteiger partial charge in [-0.2, -0.15) is 0 Å². The van der Waals surface area contributed by atoms with Crippen LogP contribution in [-0.4, -0.2) is 48.2 Å². The van der Waals surface area contributed by atoms with Crippen LogP contribution in [0.1, 0.15) is 23.2 Å². The van der Waals surface area contributed by atoms with Crippen molar-refractivity contribution in [1.29, 1.82) is 0 Å². The summed E-state index contributed by atoms with van der Waals surface area (Å²) in [7, 11) is 1.33. The highest BCUT2D eigenvalue weighted by atomic mass is 16.5. The zero-order valence-corrected chi connectivity index (χ0v) is 14.5. The molecular weight excluding hydrogens is 334 g/mol. The maximum absolute atomic E-state index is 12.2. The van der Waals surface area contributed by atoms with E-state index in [4.69, 9.17) is 0 Å². The molecule has 1 saturated heterocycles. The van der Waals surface area contributed by atoms with Gasteiger partial charge in [0.1, 0.15) is 5.82 Å². The predicted octanol–water partition coefficient (Wildman–Crippen LogP) is 2.05. The second-order valence-corrected chi connectivity index (χ2v) is 5.99. The lowest BCUT2D eigenvalue weighted by Crippen LogP contribution is -2.46. The maximum atomic E-state index is 12.2. The summed E-state index contributed by atoms with van der Waals surface area (Å²) in [6.45, 7) is 1.63. The van der Waals surface area contributed by atoms with E-state index in [0.29, 0.717) is 11.3 Å². The van der Waals surface area contributed by atoms with Crippen molar-refractivity contribution in [1.82, 2.24) is 15.3 Å². The maximum Gasteiger partial charge on any atom is 0.337 e. The fourth-order valence-corrected chi connectivity index (χ4v) is 2.87. The number of piperidine rings is 1. The van der Waals surface area contributed by atoms with Crippen molar-refractivity contribution in [2.75, 3.05) is 30.4 Å². The first-order chi connectivity index (χ1) is 12.7. The van der Waals surface area contributed by atoms with E-state index in [1.165, 1.54) is 7.11 Å². The number of hydrogen-bond acceptors (Lipinski definition) is 6. The van der Waals surface area contributed by atoms with Crippen LogP contribution in [0, 0.1) is 0 Å². The summed E-state index contributed by atoms with van der Waals surface area (Å²) in [4.78, 5) is 34.1. The molecule has 2 heterocycles. The van der Waals surface area contributed by atoms with E-state index in [-0.39, 0.29) is 12.1 Å². The Morgan fingerprint density at radius 1 is 1.15 bits per heavy atom. The Labute approximate surface area is 151 Å². The largest absolute Gasteiger partial charge is 0.465 e. The van der Waals surface area contributed by atoms with Crippen molar-refractivity contribution in [3.8, 4) is 0 Å². The second-order valence-electron chi connectivity index (χ2n) is 5.99. The fourth-order valence-electron chi connectivity index (χ4n) is 2.87. The monoisotopic (exact) mass is 355 g/mol. The molecule has 0 spiro atoms. The number of anilines is 2. The average Bonchev–Trinajstić information content (AvgIpc) is 2.69. The molecule has 0 bridgehead atoms. The first-order valence-corrected chi connectivity index (χ1v) is 8.42. The highest BCUT2D eigenvalue weighted by molar-refractivity contribution is 5.92. The molecule has 0 unspecified atom stereocenters. The third kappa shape index (κ3) is 4.47. The third-order valence-corrected chi connectivity index (χ3v) is 4.27. The molecule has 0 saturated carbocycles. The number of aromatic nitrogens is 2. The molecule has 8 heteroatoms. The van der Waals surface area contributed by atoms with E-state index in [1.54, 1.807) is 42.9 Å². The van der Waals surface area contributed by atoms with Crippen LogP contribution in [0.4, 0.5) is 16.3 Å². The van der Waals surface area contributed by atoms with Crippen LogP contribution in [0.5, 0.6) is 0 Å². The van der Waals surface area contributed by atoms with Crippen LogP contribution in [0.25, 0.3) is 0 Å². The Balaban J connectivity index is 1.46. The molecule has 2 aromatic rings. The normalized spacial score (nSPS) is 14.6. The molecule has 0 aliphatic carbocycles. The Morgan fingerprint density at radius 2 is 1.88 bits per heavy atom. The number of nitrogens with zero attached hydrogens (tertiary/aromatic N) is 3. The smallest absolute Gasteiger partial charge is 0.337 e. The van der Waals surface area contributed by atoms with Gasteiger partial charge in [-0.1, -0.05) is 0 Å². The highest BCUT2D eigenvalue weighted by Gasteiger charge is 2.21. The minimum Gasteiger partial charge on any atom is -0.465 e. The number of ether oxygens (including phenoxy) is 1. The molecule has 1 aliphatic heterocycles. The summed E-state index contributed by atoms with van der Waals surface area (Å²) in [5.41, 5.74) is 1.06. The van der Waals surface area contributed by atoms with Crippen molar-refractivity contribution in [2.24, 2.45) is 0 Å². The molecule has 26 heavy (non-hydrogen) atoms. The number of methoxy groups -OCH3 is 1. The van der Waals surface area contributed by atoms with Gasteiger partial charge in [-0.05, 0) is 37.1 Å². The van der Waals surface area contributed by atoms with E-state index in [1.807, 2.05) is 0 Å². The number of nitrogens with one attached hydrogen (secondary N) is 2. The van der Waals surface area contributed by atoms with E-state index >= 15 is 0 Å². The van der Waals surface area contributed by atoms with Gasteiger partial charge in [-0.15, -0.1) is 0 Å². The number of urea groups is 1. The number of rotatable bonds is 4. The number of benzene rings is 1. The van der Waals surface area contributed by atoms with Crippen molar-refractivity contribution in [3.05, 3.63) is 48.4 Å². The number of esters is 1. The van der Waals surface area contributed by atoms with E-state index < -0.39 is 5.97 Å². The second kappa shape index (κ2) is 8.28. The van der Waals surface area contributed by atoms with Crippen molar-refractivity contribution >= 4 is 23.5 Å². The molecule has 3 rings (SSSR count). The molecule has 0 atom stereocenters. The highest BCUT2D eigenvalue weighted by Crippen LogP contribution is 2.17. The van der Waals surface area contributed by atoms with Gasteiger partial charge in [0.15, 0.2) is 0 Å². The van der Waals surface area contributed by atoms with Gasteiger partial charge in [-0.3, -0.25) is 4.98 Å². The molecule has 2 amide bonds. The Hall–Kier alpha value is -3.16. The number of hydrogen-bond donors (Lipinski definition) is 2. The molecule has 1 fully saturated rings. The number of carbonyl (C=O) groups is 2. The van der Waals surface area contributed by atoms with Gasteiger partial charge in [0.2, 0.25) is 0 Å². The zero-order valence-electron chi connectivity index (χ0n) is 14.5. The Morgan fingerprint density at radius 3 is 2.50 bits per heavy atom. The van der Waals surface area contributed by atoms with Crippen LogP contribution < -0.4 is 15.5 Å². The van der Waals surface area contributed by atoms with Crippen LogP contribution >= 0.6 is 0 Å². The molecular formula is C18H21N5O3. The van der Waals surface area contributed by atoms with Gasteiger partial charge in [0.05, 0.1) is 18.9 Å². The molecule has 1 aromatic carbocycles. The lowest BCUT2D eigenvalue weighted by molar-refractivity contribution is 0.0600. The molecule has 2 N–H and O–H groups in total. The summed E-state index contributed by atoms with van der Waals surface area (Å²) >= 11 is 0. The summed E-state index contributed by atoms with van der Waals surface area (Å²) in [6.07, 6.45) is 6.76. The average molecular weight is 355 g/mol. The summed E-state index contributed by atoms with van der Waals surface area (Å²) in [5, 5.41) is 5.76. The van der Waals surface area contributed by atoms with Crippen LogP contribution in [0.15, 0.2) is 42.9 Å². The van der Waals surface area contributed by atoms with Crippen molar-refractivity contribution < 1.29 is 14.3 Å². The topological polar surface area (TPSA) is 96.4 Å². The fraction of sp³-hybridized carbons (Fsp3) is 0.333. The van der Waals surface area contributed by atoms with Crippen LogP contribution in [0.2, 0.25) is 0 Å². The molecule has 0 radical (unpaired) electrons. The lowest BCUT2D eigenvalue weighted by atomic mass is 10.1. The Bertz CT molecular complexity index is 743. The van der Waals surface area contributed by atoms with Crippen LogP contribution in [-0.2, 0) is 4.74 Å². The summed E-state index contributed by atoms with van der Waals surface area (Å²) in [6, 6.07) is 6.41. The molecule has 1 aliphatic rings. The Kier molecular flexibility index (Phi) is 5.62. The van der Waals surface area contributed by atoms with Gasteiger partial charge in [0, 0.05) is 37.2 Å². The van der Waals surface area contributed by atoms with Crippen molar-refractivity contribution in [3.63, 3.8) is 0 Å². The van der Waals surface area contributed by atoms with E-state index in [0.717, 1.165) is 31.7 Å². The first-order valence-electron chi connectivity index (χ1n) is 8.42. The van der Waals surface area contributed by atoms with E-state index in [2.05, 4.69) is 30.2 Å². The van der Waals surface area contributed by atoms with Gasteiger partial charge in [0.25, 0.3) is 0 Å². The van der Waals surface area contributed by atoms with Gasteiger partial charge < -0.3 is 20.3 Å². The molecule has 1 aromatic heterocycles. The van der Waals surface area contributed by atoms with E-state index in [9.17, 15) is 9.59 Å². The SMILES string of the molecule is COC(=O)c1ccc(NC(=O)NC2CCN(c3cnccn3)CC2)cc1.